The lowest BCUT2D eigenvalue weighted by Gasteiger charge is -2.25. The van der Waals surface area contributed by atoms with Gasteiger partial charge in [0.2, 0.25) is 5.95 Å². The van der Waals surface area contributed by atoms with Crippen LogP contribution in [0.15, 0.2) is 18.2 Å². The number of aromatic nitrogens is 2. The molecule has 1 saturated carbocycles. The van der Waals surface area contributed by atoms with Crippen LogP contribution in [0.25, 0.3) is 11.0 Å². The molecule has 2 aromatic rings. The molecule has 1 aromatic carbocycles. The lowest BCUT2D eigenvalue weighted by molar-refractivity contribution is 0.278. The quantitative estimate of drug-likeness (QED) is 0.867. The van der Waals surface area contributed by atoms with Crippen molar-refractivity contribution in [2.75, 3.05) is 18.5 Å². The minimum absolute atomic E-state index is 0.136. The fraction of sp³-hybridized carbons (Fsp3) is 0.533. The number of aliphatic hydroxyl groups is 1. The minimum atomic E-state index is 0.136. The van der Waals surface area contributed by atoms with Crippen LogP contribution in [0, 0.1) is 12.8 Å². The first-order valence-corrected chi connectivity index (χ1v) is 7.09. The summed E-state index contributed by atoms with van der Waals surface area (Å²) in [7, 11) is 0. The molecule has 19 heavy (non-hydrogen) atoms. The SMILES string of the molecule is Cc1ccc2c(c1)nc(NCC1CCC1)n2CCO. The van der Waals surface area contributed by atoms with Gasteiger partial charge in [0.15, 0.2) is 0 Å². The minimum Gasteiger partial charge on any atom is -0.395 e. The number of aliphatic hydroxyl groups excluding tert-OH is 1. The Morgan fingerprint density at radius 2 is 2.26 bits per heavy atom. The van der Waals surface area contributed by atoms with Crippen LogP contribution in [-0.4, -0.2) is 27.8 Å². The number of aryl methyl sites for hydroxylation is 1. The molecule has 0 saturated heterocycles. The molecule has 4 nitrogen and oxygen atoms in total. The maximum absolute atomic E-state index is 9.23. The monoisotopic (exact) mass is 259 g/mol. The van der Waals surface area contributed by atoms with E-state index in [0.717, 1.165) is 29.4 Å². The van der Waals surface area contributed by atoms with Crippen LogP contribution in [-0.2, 0) is 6.54 Å². The summed E-state index contributed by atoms with van der Waals surface area (Å²) < 4.78 is 2.08. The second kappa shape index (κ2) is 5.21. The Bertz CT molecular complexity index is 572. The third kappa shape index (κ3) is 2.45. The van der Waals surface area contributed by atoms with Gasteiger partial charge in [-0.1, -0.05) is 12.5 Å². The van der Waals surface area contributed by atoms with Crippen molar-refractivity contribution in [2.45, 2.75) is 32.7 Å². The Balaban J connectivity index is 1.89. The van der Waals surface area contributed by atoms with E-state index >= 15 is 0 Å². The smallest absolute Gasteiger partial charge is 0.203 e. The number of benzene rings is 1. The summed E-state index contributed by atoms with van der Waals surface area (Å²) >= 11 is 0. The first-order chi connectivity index (χ1) is 9.28. The molecule has 1 fully saturated rings. The van der Waals surface area contributed by atoms with Crippen LogP contribution in [0.5, 0.6) is 0 Å². The molecule has 0 unspecified atom stereocenters. The van der Waals surface area contributed by atoms with Crippen molar-refractivity contribution in [3.8, 4) is 0 Å². The van der Waals surface area contributed by atoms with Crippen LogP contribution < -0.4 is 5.32 Å². The van der Waals surface area contributed by atoms with Crippen molar-refractivity contribution in [1.82, 2.24) is 9.55 Å². The third-order valence-corrected chi connectivity index (χ3v) is 4.00. The highest BCUT2D eigenvalue weighted by Crippen LogP contribution is 2.27. The maximum atomic E-state index is 9.23. The van der Waals surface area contributed by atoms with Gasteiger partial charge in [0, 0.05) is 13.1 Å². The van der Waals surface area contributed by atoms with Crippen LogP contribution in [0.3, 0.4) is 0 Å². The van der Waals surface area contributed by atoms with Crippen molar-refractivity contribution < 1.29 is 5.11 Å². The molecular weight excluding hydrogens is 238 g/mol. The van der Waals surface area contributed by atoms with E-state index < -0.39 is 0 Å². The highest BCUT2D eigenvalue weighted by molar-refractivity contribution is 5.79. The molecule has 102 valence electrons. The molecule has 0 radical (unpaired) electrons. The Kier molecular flexibility index (Phi) is 3.42. The van der Waals surface area contributed by atoms with Gasteiger partial charge in [0.25, 0.3) is 0 Å². The average Bonchev–Trinajstić information content (AvgIpc) is 2.65. The third-order valence-electron chi connectivity index (χ3n) is 4.00. The van der Waals surface area contributed by atoms with Gasteiger partial charge in [-0.15, -0.1) is 0 Å². The van der Waals surface area contributed by atoms with Crippen LogP contribution in [0.4, 0.5) is 5.95 Å². The topological polar surface area (TPSA) is 50.1 Å². The number of hydrogen-bond donors (Lipinski definition) is 2. The van der Waals surface area contributed by atoms with Gasteiger partial charge in [-0.25, -0.2) is 4.98 Å². The molecule has 1 aromatic heterocycles. The predicted octanol–water partition coefficient (Wildman–Crippen LogP) is 2.55. The van der Waals surface area contributed by atoms with Crippen LogP contribution in [0.1, 0.15) is 24.8 Å². The molecule has 1 heterocycles. The summed E-state index contributed by atoms with van der Waals surface area (Å²) in [4.78, 5) is 4.66. The zero-order valence-corrected chi connectivity index (χ0v) is 11.4. The number of anilines is 1. The number of imidazole rings is 1. The van der Waals surface area contributed by atoms with Crippen molar-refractivity contribution in [3.05, 3.63) is 23.8 Å². The molecule has 0 bridgehead atoms. The second-order valence-electron chi connectivity index (χ2n) is 5.48. The Hall–Kier alpha value is -1.55. The van der Waals surface area contributed by atoms with E-state index in [1.54, 1.807) is 0 Å². The van der Waals surface area contributed by atoms with Crippen molar-refractivity contribution >= 4 is 17.0 Å². The van der Waals surface area contributed by atoms with Gasteiger partial charge >= 0.3 is 0 Å². The van der Waals surface area contributed by atoms with E-state index in [1.807, 2.05) is 0 Å². The first kappa shape index (κ1) is 12.5. The fourth-order valence-corrected chi connectivity index (χ4v) is 2.63. The van der Waals surface area contributed by atoms with Crippen LogP contribution >= 0.6 is 0 Å². The highest BCUT2D eigenvalue weighted by Gasteiger charge is 2.18. The highest BCUT2D eigenvalue weighted by atomic mass is 16.3. The molecular formula is C15H21N3O. The van der Waals surface area contributed by atoms with E-state index in [9.17, 15) is 5.11 Å². The first-order valence-electron chi connectivity index (χ1n) is 7.09. The molecule has 0 spiro atoms. The van der Waals surface area contributed by atoms with E-state index in [4.69, 9.17) is 0 Å². The van der Waals surface area contributed by atoms with E-state index in [0.29, 0.717) is 6.54 Å². The summed E-state index contributed by atoms with van der Waals surface area (Å²) in [6.07, 6.45) is 4.01. The largest absolute Gasteiger partial charge is 0.395 e. The van der Waals surface area contributed by atoms with E-state index in [-0.39, 0.29) is 6.61 Å². The molecule has 3 rings (SSSR count). The van der Waals surface area contributed by atoms with Gasteiger partial charge in [-0.05, 0) is 43.4 Å². The zero-order chi connectivity index (χ0) is 13.2. The van der Waals surface area contributed by atoms with Gasteiger partial charge in [-0.2, -0.15) is 0 Å². The van der Waals surface area contributed by atoms with Crippen molar-refractivity contribution in [1.29, 1.82) is 0 Å². The number of hydrogen-bond acceptors (Lipinski definition) is 3. The summed E-state index contributed by atoms with van der Waals surface area (Å²) in [6.45, 7) is 3.80. The van der Waals surface area contributed by atoms with Crippen LogP contribution in [0.2, 0.25) is 0 Å². The zero-order valence-electron chi connectivity index (χ0n) is 11.4. The lowest BCUT2D eigenvalue weighted by Crippen LogP contribution is -2.22. The average molecular weight is 259 g/mol. The number of nitrogens with zero attached hydrogens (tertiary/aromatic N) is 2. The number of nitrogens with one attached hydrogen (secondary N) is 1. The summed E-state index contributed by atoms with van der Waals surface area (Å²) in [5.41, 5.74) is 3.31. The van der Waals surface area contributed by atoms with Crippen molar-refractivity contribution in [2.24, 2.45) is 5.92 Å². The van der Waals surface area contributed by atoms with Gasteiger partial charge < -0.3 is 15.0 Å². The lowest BCUT2D eigenvalue weighted by atomic mass is 9.85. The molecule has 2 N–H and O–H groups in total. The molecule has 0 aliphatic heterocycles. The summed E-state index contributed by atoms with van der Waals surface area (Å²) in [6, 6.07) is 6.27. The van der Waals surface area contributed by atoms with E-state index in [1.165, 1.54) is 24.8 Å². The maximum Gasteiger partial charge on any atom is 0.203 e. The Morgan fingerprint density at radius 3 is 2.95 bits per heavy atom. The summed E-state index contributed by atoms with van der Waals surface area (Å²) in [5.74, 6) is 1.69. The fourth-order valence-electron chi connectivity index (χ4n) is 2.63. The van der Waals surface area contributed by atoms with Gasteiger partial charge in [0.1, 0.15) is 0 Å². The molecule has 4 heteroatoms. The Morgan fingerprint density at radius 1 is 1.42 bits per heavy atom. The standard InChI is InChI=1S/C15H21N3O/c1-11-5-6-14-13(9-11)17-15(18(14)7-8-19)16-10-12-3-2-4-12/h5-6,9,12,19H,2-4,7-8,10H2,1H3,(H,16,17). The molecule has 0 atom stereocenters. The van der Waals surface area contributed by atoms with Crippen molar-refractivity contribution in [3.63, 3.8) is 0 Å². The predicted molar refractivity (Wildman–Crippen MR) is 77.4 cm³/mol. The van der Waals surface area contributed by atoms with Gasteiger partial charge in [0.05, 0.1) is 17.6 Å². The number of rotatable bonds is 5. The molecule has 1 aliphatic rings. The normalized spacial score (nSPS) is 15.7. The molecule has 0 amide bonds. The van der Waals surface area contributed by atoms with Gasteiger partial charge in [-0.3, -0.25) is 0 Å². The summed E-state index contributed by atoms with van der Waals surface area (Å²) in [5, 5.41) is 12.7. The number of fused-ring (bicyclic) bond motifs is 1. The van der Waals surface area contributed by atoms with E-state index in [2.05, 4.69) is 40.0 Å². The Labute approximate surface area is 113 Å². The molecule has 1 aliphatic carbocycles. The second-order valence-corrected chi connectivity index (χ2v) is 5.48.